The molecule has 3 N–H and O–H groups in total. The molecule has 114 valence electrons. The van der Waals surface area contributed by atoms with E-state index in [1.54, 1.807) is 17.8 Å². The van der Waals surface area contributed by atoms with Gasteiger partial charge in [-0.1, -0.05) is 13.8 Å². The highest BCUT2D eigenvalue weighted by molar-refractivity contribution is 7.98. The Morgan fingerprint density at radius 2 is 2.24 bits per heavy atom. The van der Waals surface area contributed by atoms with Crippen molar-refractivity contribution in [3.8, 4) is 0 Å². The van der Waals surface area contributed by atoms with Gasteiger partial charge in [0.05, 0.1) is 6.04 Å². The Morgan fingerprint density at radius 3 is 2.90 bits per heavy atom. The van der Waals surface area contributed by atoms with Gasteiger partial charge in [-0.3, -0.25) is 4.79 Å². The van der Waals surface area contributed by atoms with Crippen molar-refractivity contribution in [2.75, 3.05) is 17.3 Å². The van der Waals surface area contributed by atoms with Crippen molar-refractivity contribution >= 4 is 34.5 Å². The molecule has 6 heteroatoms. The molecule has 2 aromatic rings. The molecule has 0 radical (unpaired) electrons. The zero-order chi connectivity index (χ0) is 15.4. The highest BCUT2D eigenvalue weighted by Gasteiger charge is 2.14. The van der Waals surface area contributed by atoms with E-state index in [2.05, 4.69) is 10.3 Å². The lowest BCUT2D eigenvalue weighted by Gasteiger charge is -2.11. The molecule has 1 heterocycles. The number of aromatic nitrogens is 1. The fourth-order valence-electron chi connectivity index (χ4n) is 1.88. The Labute approximate surface area is 128 Å². The minimum absolute atomic E-state index is 0.170. The van der Waals surface area contributed by atoms with Crippen molar-refractivity contribution in [3.63, 3.8) is 0 Å². The van der Waals surface area contributed by atoms with E-state index in [-0.39, 0.29) is 11.8 Å². The number of oxazole rings is 1. The second kappa shape index (κ2) is 6.95. The number of nitrogens with one attached hydrogen (secondary N) is 1. The smallest absolute Gasteiger partial charge is 0.241 e. The summed E-state index contributed by atoms with van der Waals surface area (Å²) in [5.74, 6) is 1.63. The van der Waals surface area contributed by atoms with Crippen molar-refractivity contribution < 1.29 is 9.21 Å². The summed E-state index contributed by atoms with van der Waals surface area (Å²) < 4.78 is 5.64. The second-order valence-corrected chi connectivity index (χ2v) is 6.25. The van der Waals surface area contributed by atoms with Crippen LogP contribution < -0.4 is 11.1 Å². The highest BCUT2D eigenvalue weighted by Crippen LogP contribution is 2.23. The van der Waals surface area contributed by atoms with Gasteiger partial charge in [0.2, 0.25) is 5.91 Å². The van der Waals surface area contributed by atoms with Crippen molar-refractivity contribution in [2.24, 2.45) is 5.73 Å². The van der Waals surface area contributed by atoms with Crippen LogP contribution in [-0.2, 0) is 4.79 Å². The second-order valence-electron chi connectivity index (χ2n) is 5.27. The molecule has 0 saturated carbocycles. The Balaban J connectivity index is 2.10. The average Bonchev–Trinajstić information content (AvgIpc) is 2.88. The predicted molar refractivity (Wildman–Crippen MR) is 87.7 cm³/mol. The summed E-state index contributed by atoms with van der Waals surface area (Å²) in [7, 11) is 0. The van der Waals surface area contributed by atoms with Gasteiger partial charge >= 0.3 is 0 Å². The van der Waals surface area contributed by atoms with Gasteiger partial charge in [0.1, 0.15) is 5.52 Å². The molecule has 1 aromatic heterocycles. The first-order valence-corrected chi connectivity index (χ1v) is 8.36. The first kappa shape index (κ1) is 15.9. The number of carbonyl (C=O) groups excluding carboxylic acids is 1. The van der Waals surface area contributed by atoms with Crippen LogP contribution in [0.15, 0.2) is 22.6 Å². The summed E-state index contributed by atoms with van der Waals surface area (Å²) in [6.45, 7) is 4.05. The molecule has 0 aliphatic heterocycles. The Morgan fingerprint density at radius 1 is 1.48 bits per heavy atom. The van der Waals surface area contributed by atoms with Gasteiger partial charge in [0, 0.05) is 11.6 Å². The Hall–Kier alpha value is -1.53. The molecule has 1 amide bonds. The van der Waals surface area contributed by atoms with Gasteiger partial charge in [-0.2, -0.15) is 11.8 Å². The van der Waals surface area contributed by atoms with Crippen LogP contribution in [0.2, 0.25) is 0 Å². The summed E-state index contributed by atoms with van der Waals surface area (Å²) >= 11 is 1.68. The molecule has 0 spiro atoms. The molecular formula is C15H21N3O2S. The Kier molecular flexibility index (Phi) is 5.25. The van der Waals surface area contributed by atoms with E-state index in [4.69, 9.17) is 10.2 Å². The minimum atomic E-state index is -0.489. The predicted octanol–water partition coefficient (Wildman–Crippen LogP) is 2.97. The molecule has 2 rings (SSSR count). The SMILES string of the molecule is CSCC[C@@H](N)C(=O)Nc1ccc2oc(C(C)C)nc2c1. The lowest BCUT2D eigenvalue weighted by Crippen LogP contribution is -2.36. The van der Waals surface area contributed by atoms with Crippen LogP contribution in [0.25, 0.3) is 11.1 Å². The highest BCUT2D eigenvalue weighted by atomic mass is 32.2. The monoisotopic (exact) mass is 307 g/mol. The summed E-state index contributed by atoms with van der Waals surface area (Å²) in [6.07, 6.45) is 2.66. The molecule has 21 heavy (non-hydrogen) atoms. The number of fused-ring (bicyclic) bond motifs is 1. The summed E-state index contributed by atoms with van der Waals surface area (Å²) in [5, 5.41) is 2.83. The van der Waals surface area contributed by atoms with Gasteiger partial charge < -0.3 is 15.5 Å². The average molecular weight is 307 g/mol. The van der Waals surface area contributed by atoms with Crippen LogP contribution in [0.3, 0.4) is 0 Å². The van der Waals surface area contributed by atoms with Gasteiger partial charge in [0.15, 0.2) is 11.5 Å². The number of nitrogens with two attached hydrogens (primary N) is 1. The third-order valence-electron chi connectivity index (χ3n) is 3.14. The van der Waals surface area contributed by atoms with Crippen LogP contribution in [-0.4, -0.2) is 28.9 Å². The molecule has 0 unspecified atom stereocenters. The normalized spacial score (nSPS) is 12.8. The molecular weight excluding hydrogens is 286 g/mol. The summed E-state index contributed by atoms with van der Waals surface area (Å²) in [4.78, 5) is 16.4. The van der Waals surface area contributed by atoms with E-state index in [1.165, 1.54) is 0 Å². The van der Waals surface area contributed by atoms with Crippen LogP contribution >= 0.6 is 11.8 Å². The van der Waals surface area contributed by atoms with Gasteiger partial charge in [-0.05, 0) is 36.6 Å². The fraction of sp³-hybridized carbons (Fsp3) is 0.467. The quantitative estimate of drug-likeness (QED) is 0.857. The molecule has 0 aliphatic carbocycles. The Bertz CT molecular complexity index is 624. The molecule has 0 fully saturated rings. The number of hydrogen-bond acceptors (Lipinski definition) is 5. The molecule has 1 atom stereocenters. The number of anilines is 1. The van der Waals surface area contributed by atoms with Crippen LogP contribution in [0, 0.1) is 0 Å². The van der Waals surface area contributed by atoms with Crippen molar-refractivity contribution in [3.05, 3.63) is 24.1 Å². The molecule has 0 bridgehead atoms. The lowest BCUT2D eigenvalue weighted by molar-refractivity contribution is -0.117. The van der Waals surface area contributed by atoms with Crippen LogP contribution in [0.4, 0.5) is 5.69 Å². The van der Waals surface area contributed by atoms with Crippen molar-refractivity contribution in [1.82, 2.24) is 4.98 Å². The van der Waals surface area contributed by atoms with Crippen molar-refractivity contribution in [2.45, 2.75) is 32.2 Å². The third-order valence-corrected chi connectivity index (χ3v) is 3.78. The number of benzene rings is 1. The number of carbonyl (C=O) groups is 1. The van der Waals surface area contributed by atoms with Gasteiger partial charge in [0.25, 0.3) is 0 Å². The molecule has 0 saturated heterocycles. The number of hydrogen-bond donors (Lipinski definition) is 2. The topological polar surface area (TPSA) is 81.2 Å². The lowest BCUT2D eigenvalue weighted by atomic mass is 10.2. The maximum atomic E-state index is 12.0. The zero-order valence-corrected chi connectivity index (χ0v) is 13.4. The third kappa shape index (κ3) is 3.98. The largest absolute Gasteiger partial charge is 0.440 e. The first-order valence-electron chi connectivity index (χ1n) is 6.97. The number of thioether (sulfide) groups is 1. The van der Waals surface area contributed by atoms with E-state index < -0.39 is 6.04 Å². The van der Waals surface area contributed by atoms with E-state index >= 15 is 0 Å². The van der Waals surface area contributed by atoms with Gasteiger partial charge in [-0.15, -0.1) is 0 Å². The van der Waals surface area contributed by atoms with E-state index in [0.717, 1.165) is 16.9 Å². The zero-order valence-electron chi connectivity index (χ0n) is 12.6. The number of nitrogens with zero attached hydrogens (tertiary/aromatic N) is 1. The van der Waals surface area contributed by atoms with Crippen LogP contribution in [0.5, 0.6) is 0 Å². The fourth-order valence-corrected chi connectivity index (χ4v) is 2.37. The number of rotatable bonds is 6. The standard InChI is InChI=1S/C15H21N3O2S/c1-9(2)15-18-12-8-10(4-5-13(12)20-15)17-14(19)11(16)6-7-21-3/h4-5,8-9,11H,6-7,16H2,1-3H3,(H,17,19)/t11-/m1/s1. The van der Waals surface area contributed by atoms with Gasteiger partial charge in [-0.25, -0.2) is 4.98 Å². The van der Waals surface area contributed by atoms with E-state index in [0.29, 0.717) is 18.0 Å². The summed E-state index contributed by atoms with van der Waals surface area (Å²) in [6, 6.07) is 4.94. The molecule has 0 aliphatic rings. The number of amides is 1. The van der Waals surface area contributed by atoms with Crippen LogP contribution in [0.1, 0.15) is 32.1 Å². The maximum absolute atomic E-state index is 12.0. The molecule has 5 nitrogen and oxygen atoms in total. The van der Waals surface area contributed by atoms with E-state index in [9.17, 15) is 4.79 Å². The summed E-state index contributed by atoms with van der Waals surface area (Å²) in [5.41, 5.74) is 8.01. The van der Waals surface area contributed by atoms with Crippen molar-refractivity contribution in [1.29, 1.82) is 0 Å². The minimum Gasteiger partial charge on any atom is -0.440 e. The maximum Gasteiger partial charge on any atom is 0.241 e. The van der Waals surface area contributed by atoms with E-state index in [1.807, 2.05) is 32.2 Å². The molecule has 1 aromatic carbocycles. The first-order chi connectivity index (χ1) is 10.0.